The summed E-state index contributed by atoms with van der Waals surface area (Å²) in [6.45, 7) is 6.30. The Labute approximate surface area is 133 Å². The van der Waals surface area contributed by atoms with Crippen molar-refractivity contribution < 1.29 is 4.74 Å². The van der Waals surface area contributed by atoms with Gasteiger partial charge in [0.1, 0.15) is 0 Å². The first-order valence-corrected chi connectivity index (χ1v) is 9.16. The highest BCUT2D eigenvalue weighted by atomic mass is 32.2. The van der Waals surface area contributed by atoms with Crippen LogP contribution >= 0.6 is 11.8 Å². The molecule has 21 heavy (non-hydrogen) atoms. The van der Waals surface area contributed by atoms with Gasteiger partial charge >= 0.3 is 0 Å². The summed E-state index contributed by atoms with van der Waals surface area (Å²) in [6.07, 6.45) is 6.35. The number of hydrogen-bond acceptors (Lipinski definition) is 3. The number of ether oxygens (including phenoxy) is 1. The molecule has 1 atom stereocenters. The molecule has 1 aliphatic heterocycles. The highest BCUT2D eigenvalue weighted by Crippen LogP contribution is 2.46. The van der Waals surface area contributed by atoms with Crippen LogP contribution in [0.15, 0.2) is 29.2 Å². The van der Waals surface area contributed by atoms with E-state index in [-0.39, 0.29) is 5.60 Å². The minimum atomic E-state index is 0.257. The molecule has 0 aromatic heterocycles. The van der Waals surface area contributed by atoms with E-state index in [1.54, 1.807) is 0 Å². The van der Waals surface area contributed by atoms with E-state index in [9.17, 15) is 0 Å². The van der Waals surface area contributed by atoms with Gasteiger partial charge in [0.2, 0.25) is 0 Å². The van der Waals surface area contributed by atoms with Gasteiger partial charge in [-0.05, 0) is 49.8 Å². The van der Waals surface area contributed by atoms with Crippen LogP contribution in [0.1, 0.15) is 51.5 Å². The predicted octanol–water partition coefficient (Wildman–Crippen LogP) is 4.38. The minimum absolute atomic E-state index is 0.257. The van der Waals surface area contributed by atoms with Gasteiger partial charge in [-0.25, -0.2) is 0 Å². The Morgan fingerprint density at radius 2 is 2.24 bits per heavy atom. The molecular formula is C18H27NOS. The van der Waals surface area contributed by atoms with Crippen molar-refractivity contribution >= 4 is 11.8 Å². The summed E-state index contributed by atoms with van der Waals surface area (Å²) in [5, 5.41) is 4.22. The molecule has 2 aliphatic rings. The van der Waals surface area contributed by atoms with Gasteiger partial charge in [0, 0.05) is 29.3 Å². The average molecular weight is 305 g/mol. The first-order chi connectivity index (χ1) is 10.2. The molecule has 1 aromatic rings. The largest absolute Gasteiger partial charge is 0.375 e. The van der Waals surface area contributed by atoms with Crippen molar-refractivity contribution in [1.29, 1.82) is 0 Å². The monoisotopic (exact) mass is 305 g/mol. The lowest BCUT2D eigenvalue weighted by Gasteiger charge is -2.47. The Morgan fingerprint density at radius 1 is 1.38 bits per heavy atom. The highest BCUT2D eigenvalue weighted by Gasteiger charge is 2.42. The molecule has 1 N–H and O–H groups in total. The summed E-state index contributed by atoms with van der Waals surface area (Å²) in [5.74, 6) is 0. The van der Waals surface area contributed by atoms with Crippen LogP contribution in [0.3, 0.4) is 0 Å². The van der Waals surface area contributed by atoms with Crippen molar-refractivity contribution in [3.05, 3.63) is 29.8 Å². The van der Waals surface area contributed by atoms with Gasteiger partial charge in [0.15, 0.2) is 0 Å². The fraction of sp³-hybridized carbons (Fsp3) is 0.667. The van der Waals surface area contributed by atoms with Crippen molar-refractivity contribution in [3.63, 3.8) is 0 Å². The Bertz CT molecular complexity index is 470. The number of nitrogens with one attached hydrogen (secondary N) is 1. The fourth-order valence-electron chi connectivity index (χ4n) is 3.25. The van der Waals surface area contributed by atoms with Gasteiger partial charge in [-0.2, -0.15) is 0 Å². The van der Waals surface area contributed by atoms with E-state index in [0.717, 1.165) is 18.4 Å². The molecule has 1 spiro atoms. The number of hydrogen-bond donors (Lipinski definition) is 1. The van der Waals surface area contributed by atoms with Crippen LogP contribution in [0.25, 0.3) is 0 Å². The van der Waals surface area contributed by atoms with E-state index in [1.165, 1.54) is 42.6 Å². The smallest absolute Gasteiger partial charge is 0.0693 e. The Morgan fingerprint density at radius 3 is 2.95 bits per heavy atom. The van der Waals surface area contributed by atoms with Gasteiger partial charge < -0.3 is 10.1 Å². The van der Waals surface area contributed by atoms with Crippen molar-refractivity contribution in [2.24, 2.45) is 0 Å². The summed E-state index contributed by atoms with van der Waals surface area (Å²) >= 11 is 2.06. The van der Waals surface area contributed by atoms with E-state index in [1.807, 2.05) is 0 Å². The normalized spacial score (nSPS) is 24.2. The molecule has 0 amide bonds. The summed E-state index contributed by atoms with van der Waals surface area (Å²) in [6, 6.07) is 9.56. The zero-order valence-electron chi connectivity index (χ0n) is 13.2. The Balaban J connectivity index is 1.58. The molecule has 116 valence electrons. The quantitative estimate of drug-likeness (QED) is 0.872. The van der Waals surface area contributed by atoms with Crippen LogP contribution in [-0.4, -0.2) is 23.5 Å². The molecular weight excluding hydrogens is 278 g/mol. The highest BCUT2D eigenvalue weighted by molar-refractivity contribution is 8.00. The molecule has 1 saturated carbocycles. The molecule has 3 heteroatoms. The van der Waals surface area contributed by atoms with Crippen molar-refractivity contribution in [2.75, 3.05) is 6.61 Å². The van der Waals surface area contributed by atoms with Gasteiger partial charge in [-0.15, -0.1) is 11.8 Å². The van der Waals surface area contributed by atoms with E-state index < -0.39 is 0 Å². The molecule has 2 nitrogen and oxygen atoms in total. The molecule has 1 heterocycles. The van der Waals surface area contributed by atoms with Crippen LogP contribution in [0.2, 0.25) is 0 Å². The van der Waals surface area contributed by atoms with Gasteiger partial charge in [0.25, 0.3) is 0 Å². The lowest BCUT2D eigenvalue weighted by atomic mass is 9.75. The standard InChI is InChI=1S/C18H27NOS/c1-14(2)19-13-15-5-3-6-16(11-15)21-17-7-10-20-18(12-17)8-4-9-18/h3,5-6,11,14,17,19H,4,7-10,12-13H2,1-2H3. The number of thioether (sulfide) groups is 1. The van der Waals surface area contributed by atoms with Crippen molar-refractivity contribution in [1.82, 2.24) is 5.32 Å². The maximum atomic E-state index is 6.03. The van der Waals surface area contributed by atoms with Crippen LogP contribution < -0.4 is 5.32 Å². The first kappa shape index (κ1) is 15.4. The topological polar surface area (TPSA) is 21.3 Å². The molecule has 3 rings (SSSR count). The zero-order valence-corrected chi connectivity index (χ0v) is 14.0. The van der Waals surface area contributed by atoms with Crippen molar-refractivity contribution in [3.8, 4) is 0 Å². The molecule has 0 bridgehead atoms. The second-order valence-electron chi connectivity index (χ2n) is 6.80. The number of benzene rings is 1. The summed E-state index contributed by atoms with van der Waals surface area (Å²) in [4.78, 5) is 1.42. The van der Waals surface area contributed by atoms with Crippen LogP contribution in [0, 0.1) is 0 Å². The molecule has 1 saturated heterocycles. The van der Waals surface area contributed by atoms with E-state index >= 15 is 0 Å². The van der Waals surface area contributed by atoms with Crippen LogP contribution in [0.5, 0.6) is 0 Å². The molecule has 1 unspecified atom stereocenters. The molecule has 0 radical (unpaired) electrons. The third kappa shape index (κ3) is 4.02. The maximum Gasteiger partial charge on any atom is 0.0693 e. The third-order valence-corrected chi connectivity index (χ3v) is 5.89. The van der Waals surface area contributed by atoms with E-state index in [2.05, 4.69) is 55.2 Å². The van der Waals surface area contributed by atoms with Gasteiger partial charge in [0.05, 0.1) is 5.60 Å². The van der Waals surface area contributed by atoms with Crippen LogP contribution in [-0.2, 0) is 11.3 Å². The first-order valence-electron chi connectivity index (χ1n) is 8.28. The van der Waals surface area contributed by atoms with E-state index in [4.69, 9.17) is 4.74 Å². The Kier molecular flexibility index (Phi) is 4.92. The SMILES string of the molecule is CC(C)NCc1cccc(SC2CCOC3(CCC3)C2)c1. The predicted molar refractivity (Wildman–Crippen MR) is 89.8 cm³/mol. The lowest BCUT2D eigenvalue weighted by molar-refractivity contribution is -0.125. The summed E-state index contributed by atoms with van der Waals surface area (Å²) in [7, 11) is 0. The Hall–Kier alpha value is -0.510. The molecule has 1 aliphatic carbocycles. The minimum Gasteiger partial charge on any atom is -0.375 e. The second kappa shape index (κ2) is 6.72. The summed E-state index contributed by atoms with van der Waals surface area (Å²) in [5.41, 5.74) is 1.64. The molecule has 1 aromatic carbocycles. The third-order valence-electron chi connectivity index (χ3n) is 4.63. The average Bonchev–Trinajstić information content (AvgIpc) is 2.44. The second-order valence-corrected chi connectivity index (χ2v) is 8.17. The van der Waals surface area contributed by atoms with E-state index in [0.29, 0.717) is 6.04 Å². The fourth-order valence-corrected chi connectivity index (χ4v) is 4.61. The zero-order chi connectivity index (χ0) is 14.7. The van der Waals surface area contributed by atoms with Gasteiger partial charge in [-0.3, -0.25) is 0 Å². The van der Waals surface area contributed by atoms with Crippen LogP contribution in [0.4, 0.5) is 0 Å². The summed E-state index contributed by atoms with van der Waals surface area (Å²) < 4.78 is 6.03. The number of rotatable bonds is 5. The van der Waals surface area contributed by atoms with Crippen molar-refractivity contribution in [2.45, 2.75) is 74.3 Å². The van der Waals surface area contributed by atoms with Gasteiger partial charge in [-0.1, -0.05) is 26.0 Å². The maximum absolute atomic E-state index is 6.03. The lowest BCUT2D eigenvalue weighted by Crippen LogP contribution is -2.46. The molecule has 2 fully saturated rings.